The van der Waals surface area contributed by atoms with E-state index in [1.54, 1.807) is 0 Å². The van der Waals surface area contributed by atoms with Crippen LogP contribution in [0.2, 0.25) is 0 Å². The lowest BCUT2D eigenvalue weighted by Gasteiger charge is -2.63. The van der Waals surface area contributed by atoms with Gasteiger partial charge in [0.05, 0.1) is 6.10 Å². The molecule has 0 bridgehead atoms. The van der Waals surface area contributed by atoms with E-state index in [-0.39, 0.29) is 0 Å². The fourth-order valence-corrected chi connectivity index (χ4v) is 4.62. The fourth-order valence-electron chi connectivity index (χ4n) is 4.62. The molecule has 4 nitrogen and oxygen atoms in total. The maximum atomic E-state index is 5.99. The van der Waals surface area contributed by atoms with Crippen molar-refractivity contribution in [1.82, 2.24) is 10.6 Å². The largest absolute Gasteiger partial charge is 0.377 e. The zero-order chi connectivity index (χ0) is 14.9. The molecule has 2 saturated carbocycles. The van der Waals surface area contributed by atoms with Gasteiger partial charge in [-0.25, -0.2) is 0 Å². The van der Waals surface area contributed by atoms with Gasteiger partial charge >= 0.3 is 0 Å². The number of fused-ring (bicyclic) bond motifs is 2. The van der Waals surface area contributed by atoms with Crippen LogP contribution in [0.25, 0.3) is 0 Å². The van der Waals surface area contributed by atoms with Gasteiger partial charge in [-0.3, -0.25) is 4.99 Å². The highest BCUT2D eigenvalue weighted by atomic mass is 16.5. The van der Waals surface area contributed by atoms with Crippen molar-refractivity contribution in [2.45, 2.75) is 64.5 Å². The average molecular weight is 293 g/mol. The molecule has 0 aromatic carbocycles. The molecule has 3 unspecified atom stereocenters. The first-order valence-electron chi connectivity index (χ1n) is 8.84. The number of ether oxygens (including phenoxy) is 1. The van der Waals surface area contributed by atoms with E-state index in [4.69, 9.17) is 4.74 Å². The normalized spacial score (nSPS) is 33.5. The zero-order valence-corrected chi connectivity index (χ0v) is 13.8. The number of guanidine groups is 1. The number of rotatable bonds is 5. The van der Waals surface area contributed by atoms with E-state index >= 15 is 0 Å². The van der Waals surface area contributed by atoms with Crippen LogP contribution < -0.4 is 10.6 Å². The Hall–Kier alpha value is -0.770. The van der Waals surface area contributed by atoms with Gasteiger partial charge in [0.2, 0.25) is 0 Å². The summed E-state index contributed by atoms with van der Waals surface area (Å²) in [6.07, 6.45) is 8.22. The van der Waals surface area contributed by atoms with Gasteiger partial charge in [-0.1, -0.05) is 33.1 Å². The van der Waals surface area contributed by atoms with Crippen LogP contribution in [-0.4, -0.2) is 38.3 Å². The van der Waals surface area contributed by atoms with Gasteiger partial charge in [0, 0.05) is 37.6 Å². The van der Waals surface area contributed by atoms with E-state index in [1.165, 1.54) is 38.5 Å². The highest BCUT2D eigenvalue weighted by Gasteiger charge is 2.66. The molecule has 3 atom stereocenters. The van der Waals surface area contributed by atoms with Crippen LogP contribution in [0.4, 0.5) is 0 Å². The van der Waals surface area contributed by atoms with Crippen LogP contribution in [-0.2, 0) is 4.74 Å². The minimum Gasteiger partial charge on any atom is -0.377 e. The molecule has 21 heavy (non-hydrogen) atoms. The fraction of sp³-hybridized carbons (Fsp3) is 0.941. The predicted molar refractivity (Wildman–Crippen MR) is 86.5 cm³/mol. The van der Waals surface area contributed by atoms with E-state index in [1.807, 2.05) is 7.05 Å². The highest BCUT2D eigenvalue weighted by Crippen LogP contribution is 2.62. The molecule has 3 fully saturated rings. The quantitative estimate of drug-likeness (QED) is 0.605. The van der Waals surface area contributed by atoms with Gasteiger partial charge in [0.25, 0.3) is 0 Å². The molecule has 0 aromatic heterocycles. The Bertz CT molecular complexity index is 387. The minimum absolute atomic E-state index is 0.424. The second kappa shape index (κ2) is 6.15. The SMILES string of the molecule is CCC(CC)CNC(=NC)NC1C2CCOC2C12CCC2. The maximum Gasteiger partial charge on any atom is 0.191 e. The van der Waals surface area contributed by atoms with Crippen molar-refractivity contribution < 1.29 is 4.74 Å². The maximum absolute atomic E-state index is 5.99. The molecule has 4 heteroatoms. The lowest BCUT2D eigenvalue weighted by molar-refractivity contribution is -0.171. The van der Waals surface area contributed by atoms with Crippen molar-refractivity contribution >= 4 is 5.96 Å². The van der Waals surface area contributed by atoms with Crippen LogP contribution in [0.1, 0.15) is 52.4 Å². The van der Waals surface area contributed by atoms with E-state index in [2.05, 4.69) is 29.5 Å². The first-order valence-corrected chi connectivity index (χ1v) is 8.84. The number of nitrogens with one attached hydrogen (secondary N) is 2. The second-order valence-corrected chi connectivity index (χ2v) is 7.09. The van der Waals surface area contributed by atoms with Gasteiger partial charge in [-0.15, -0.1) is 0 Å². The van der Waals surface area contributed by atoms with E-state index in [0.717, 1.165) is 25.0 Å². The molecule has 1 spiro atoms. The van der Waals surface area contributed by atoms with Crippen molar-refractivity contribution in [3.8, 4) is 0 Å². The molecule has 0 radical (unpaired) electrons. The Balaban J connectivity index is 1.57. The second-order valence-electron chi connectivity index (χ2n) is 7.09. The van der Waals surface area contributed by atoms with Crippen LogP contribution >= 0.6 is 0 Å². The van der Waals surface area contributed by atoms with E-state index < -0.39 is 0 Å². The summed E-state index contributed by atoms with van der Waals surface area (Å²) >= 11 is 0. The van der Waals surface area contributed by atoms with E-state index in [0.29, 0.717) is 23.5 Å². The Morgan fingerprint density at radius 2 is 2.10 bits per heavy atom. The number of nitrogens with zero attached hydrogens (tertiary/aromatic N) is 1. The molecular weight excluding hydrogens is 262 g/mol. The first kappa shape index (κ1) is 15.1. The van der Waals surface area contributed by atoms with Crippen LogP contribution in [0.15, 0.2) is 4.99 Å². The lowest BCUT2D eigenvalue weighted by Crippen LogP contribution is -2.72. The number of aliphatic imine (C=N–C) groups is 1. The zero-order valence-electron chi connectivity index (χ0n) is 13.8. The summed E-state index contributed by atoms with van der Waals surface area (Å²) in [5.41, 5.74) is 0.424. The third kappa shape index (κ3) is 2.45. The molecule has 0 aromatic rings. The molecule has 3 aliphatic rings. The van der Waals surface area contributed by atoms with Gasteiger partial charge in [-0.2, -0.15) is 0 Å². The van der Waals surface area contributed by atoms with Crippen LogP contribution in [0.5, 0.6) is 0 Å². The Morgan fingerprint density at radius 3 is 2.67 bits per heavy atom. The molecule has 2 aliphatic carbocycles. The monoisotopic (exact) mass is 293 g/mol. The topological polar surface area (TPSA) is 45.7 Å². The summed E-state index contributed by atoms with van der Waals surface area (Å²) in [4.78, 5) is 4.44. The smallest absolute Gasteiger partial charge is 0.191 e. The van der Waals surface area contributed by atoms with Gasteiger partial charge in [-0.05, 0) is 25.2 Å². The Labute approximate surface area is 129 Å². The van der Waals surface area contributed by atoms with Gasteiger partial charge in [0.1, 0.15) is 0 Å². The van der Waals surface area contributed by atoms with Crippen LogP contribution in [0.3, 0.4) is 0 Å². The first-order chi connectivity index (χ1) is 10.2. The summed E-state index contributed by atoms with van der Waals surface area (Å²) in [5, 5.41) is 7.26. The van der Waals surface area contributed by atoms with Crippen molar-refractivity contribution in [3.63, 3.8) is 0 Å². The summed E-state index contributed by atoms with van der Waals surface area (Å²) in [5.74, 6) is 2.44. The summed E-state index contributed by atoms with van der Waals surface area (Å²) in [6, 6.07) is 0.576. The molecule has 2 N–H and O–H groups in total. The number of hydrogen-bond acceptors (Lipinski definition) is 2. The van der Waals surface area contributed by atoms with E-state index in [9.17, 15) is 0 Å². The van der Waals surface area contributed by atoms with Gasteiger partial charge in [0.15, 0.2) is 5.96 Å². The van der Waals surface area contributed by atoms with Crippen LogP contribution in [0, 0.1) is 17.3 Å². The molecule has 1 heterocycles. The standard InChI is InChI=1S/C17H31N3O/c1-4-12(5-2)11-19-16(18-3)20-14-13-7-10-21-15(13)17(14)8-6-9-17/h12-15H,4-11H2,1-3H3,(H2,18,19,20). The minimum atomic E-state index is 0.424. The average Bonchev–Trinajstić information content (AvgIpc) is 2.86. The molecule has 3 rings (SSSR count). The van der Waals surface area contributed by atoms with Crippen molar-refractivity contribution in [2.24, 2.45) is 22.2 Å². The van der Waals surface area contributed by atoms with Gasteiger partial charge < -0.3 is 15.4 Å². The summed E-state index contributed by atoms with van der Waals surface area (Å²) < 4.78 is 5.99. The predicted octanol–water partition coefficient (Wildman–Crippen LogP) is 2.55. The molecule has 1 aliphatic heterocycles. The Kier molecular flexibility index (Phi) is 4.43. The molecule has 1 saturated heterocycles. The lowest BCUT2D eigenvalue weighted by atomic mass is 9.46. The number of hydrogen-bond donors (Lipinski definition) is 2. The molecule has 120 valence electrons. The third-order valence-corrected chi connectivity index (χ3v) is 6.26. The highest BCUT2D eigenvalue weighted by molar-refractivity contribution is 5.80. The van der Waals surface area contributed by atoms with Crippen molar-refractivity contribution in [2.75, 3.05) is 20.2 Å². The Morgan fingerprint density at radius 1 is 1.33 bits per heavy atom. The van der Waals surface area contributed by atoms with Crippen molar-refractivity contribution in [1.29, 1.82) is 0 Å². The summed E-state index contributed by atoms with van der Waals surface area (Å²) in [6.45, 7) is 6.51. The van der Waals surface area contributed by atoms with Crippen molar-refractivity contribution in [3.05, 3.63) is 0 Å². The molecular formula is C17H31N3O. The summed E-state index contributed by atoms with van der Waals surface area (Å²) in [7, 11) is 1.89. The third-order valence-electron chi connectivity index (χ3n) is 6.26. The molecule has 0 amide bonds.